The molecule has 1 aromatic carbocycles. The van der Waals surface area contributed by atoms with Crippen LogP contribution in [0.25, 0.3) is 0 Å². The van der Waals surface area contributed by atoms with Gasteiger partial charge in [0.15, 0.2) is 0 Å². The van der Waals surface area contributed by atoms with Crippen molar-refractivity contribution in [3.63, 3.8) is 0 Å². The summed E-state index contributed by atoms with van der Waals surface area (Å²) in [7, 11) is 0. The number of aliphatic carboxylic acids is 2. The zero-order chi connectivity index (χ0) is 17.1. The predicted molar refractivity (Wildman–Crippen MR) is 81.3 cm³/mol. The maximum Gasteiger partial charge on any atom is 0.414 e. The van der Waals surface area contributed by atoms with Crippen molar-refractivity contribution >= 4 is 11.9 Å². The first-order valence-electron chi connectivity index (χ1n) is 6.79. The molecule has 3 N–H and O–H groups in total. The minimum absolute atomic E-state index is 0.183. The summed E-state index contributed by atoms with van der Waals surface area (Å²) in [4.78, 5) is 22.2. The summed E-state index contributed by atoms with van der Waals surface area (Å²) in [6.45, 7) is 1.69. The number of halogens is 1. The molecule has 0 aliphatic heterocycles. The average Bonchev–Trinajstić information content (AvgIpc) is 2.55. The van der Waals surface area contributed by atoms with E-state index in [1.165, 1.54) is 17.7 Å². The van der Waals surface area contributed by atoms with Crippen molar-refractivity contribution in [3.05, 3.63) is 65.7 Å². The molecule has 0 saturated heterocycles. The lowest BCUT2D eigenvalue weighted by atomic mass is 10.1. The van der Waals surface area contributed by atoms with Gasteiger partial charge in [0.2, 0.25) is 0 Å². The van der Waals surface area contributed by atoms with Gasteiger partial charge in [0.1, 0.15) is 5.82 Å². The van der Waals surface area contributed by atoms with Crippen LogP contribution < -0.4 is 5.32 Å². The Labute approximate surface area is 132 Å². The van der Waals surface area contributed by atoms with Crippen molar-refractivity contribution in [1.82, 2.24) is 10.3 Å². The third kappa shape index (κ3) is 8.27. The smallest absolute Gasteiger partial charge is 0.414 e. The molecule has 6 nitrogen and oxygen atoms in total. The van der Waals surface area contributed by atoms with Gasteiger partial charge >= 0.3 is 11.9 Å². The van der Waals surface area contributed by atoms with Crippen molar-refractivity contribution < 1.29 is 24.2 Å². The number of carbonyl (C=O) groups is 2. The molecular weight excluding hydrogens is 303 g/mol. The zero-order valence-corrected chi connectivity index (χ0v) is 12.3. The number of hydrogen-bond acceptors (Lipinski definition) is 4. The van der Waals surface area contributed by atoms with Gasteiger partial charge in [0, 0.05) is 18.9 Å². The van der Waals surface area contributed by atoms with Crippen molar-refractivity contribution in [2.24, 2.45) is 0 Å². The van der Waals surface area contributed by atoms with Crippen LogP contribution in [-0.4, -0.2) is 33.7 Å². The first kappa shape index (κ1) is 18.2. The highest BCUT2D eigenvalue weighted by atomic mass is 19.1. The summed E-state index contributed by atoms with van der Waals surface area (Å²) in [5.41, 5.74) is 2.32. The normalized spacial score (nSPS) is 9.61. The summed E-state index contributed by atoms with van der Waals surface area (Å²) in [6.07, 6.45) is 4.52. The van der Waals surface area contributed by atoms with Crippen LogP contribution in [0, 0.1) is 5.82 Å². The third-order valence-corrected chi connectivity index (χ3v) is 2.74. The first-order valence-corrected chi connectivity index (χ1v) is 6.79. The Balaban J connectivity index is 0.000000379. The van der Waals surface area contributed by atoms with Gasteiger partial charge in [0.05, 0.1) is 0 Å². The van der Waals surface area contributed by atoms with Gasteiger partial charge in [-0.2, -0.15) is 0 Å². The fourth-order valence-electron chi connectivity index (χ4n) is 1.62. The predicted octanol–water partition coefficient (Wildman–Crippen LogP) is 1.71. The van der Waals surface area contributed by atoms with Gasteiger partial charge in [-0.25, -0.2) is 14.0 Å². The molecule has 0 aliphatic rings. The van der Waals surface area contributed by atoms with Gasteiger partial charge in [0.25, 0.3) is 0 Å². The lowest BCUT2D eigenvalue weighted by Crippen LogP contribution is -2.16. The van der Waals surface area contributed by atoms with E-state index in [1.807, 2.05) is 30.5 Å². The fraction of sp³-hybridized carbons (Fsp3) is 0.188. The Morgan fingerprint density at radius 1 is 1.04 bits per heavy atom. The van der Waals surface area contributed by atoms with Crippen LogP contribution in [0.1, 0.15) is 11.1 Å². The molecule has 0 unspecified atom stereocenters. The number of nitrogens with zero attached hydrogens (tertiary/aromatic N) is 1. The molecule has 0 amide bonds. The van der Waals surface area contributed by atoms with Crippen molar-refractivity contribution in [2.45, 2.75) is 13.0 Å². The second-order valence-electron chi connectivity index (χ2n) is 4.52. The summed E-state index contributed by atoms with van der Waals surface area (Å²) >= 11 is 0. The molecule has 0 spiro atoms. The maximum absolute atomic E-state index is 12.7. The van der Waals surface area contributed by atoms with Gasteiger partial charge in [-0.1, -0.05) is 18.2 Å². The quantitative estimate of drug-likeness (QED) is 0.573. The van der Waals surface area contributed by atoms with E-state index in [0.717, 1.165) is 25.1 Å². The molecule has 0 atom stereocenters. The number of nitrogens with one attached hydrogen (secondary N) is 1. The van der Waals surface area contributed by atoms with Crippen LogP contribution >= 0.6 is 0 Å². The maximum atomic E-state index is 12.7. The number of carboxylic acid groups (broad SMARTS) is 2. The number of pyridine rings is 1. The van der Waals surface area contributed by atoms with Gasteiger partial charge < -0.3 is 15.5 Å². The van der Waals surface area contributed by atoms with Gasteiger partial charge in [-0.05, 0) is 42.3 Å². The van der Waals surface area contributed by atoms with Crippen LogP contribution in [0.5, 0.6) is 0 Å². The Hall–Kier alpha value is -2.80. The summed E-state index contributed by atoms with van der Waals surface area (Å²) in [5, 5.41) is 18.1. The number of benzene rings is 1. The molecule has 7 heteroatoms. The third-order valence-electron chi connectivity index (χ3n) is 2.74. The standard InChI is InChI=1S/C14H15FN2.C2H2O4/c15-14-5-3-12(4-6-14)7-9-17-11-13-2-1-8-16-10-13;3-1(4)2(5)6/h1-6,8,10,17H,7,9,11H2;(H,3,4)(H,5,6). The lowest BCUT2D eigenvalue weighted by Gasteiger charge is -2.04. The molecule has 2 rings (SSSR count). The second kappa shape index (κ2) is 10.0. The van der Waals surface area contributed by atoms with Crippen LogP contribution in [0.2, 0.25) is 0 Å². The number of aromatic nitrogens is 1. The van der Waals surface area contributed by atoms with Crippen LogP contribution in [-0.2, 0) is 22.6 Å². The molecule has 1 aromatic heterocycles. The van der Waals surface area contributed by atoms with Crippen LogP contribution in [0.15, 0.2) is 48.8 Å². The average molecular weight is 320 g/mol. The Morgan fingerprint density at radius 2 is 1.70 bits per heavy atom. The van der Waals surface area contributed by atoms with Crippen molar-refractivity contribution in [3.8, 4) is 0 Å². The lowest BCUT2D eigenvalue weighted by molar-refractivity contribution is -0.159. The molecule has 0 saturated carbocycles. The van der Waals surface area contributed by atoms with E-state index < -0.39 is 11.9 Å². The second-order valence-corrected chi connectivity index (χ2v) is 4.52. The largest absolute Gasteiger partial charge is 0.473 e. The van der Waals surface area contributed by atoms with Crippen LogP contribution in [0.4, 0.5) is 4.39 Å². The number of rotatable bonds is 5. The van der Waals surface area contributed by atoms with Crippen LogP contribution in [0.3, 0.4) is 0 Å². The minimum Gasteiger partial charge on any atom is -0.473 e. The Bertz CT molecular complexity index is 606. The highest BCUT2D eigenvalue weighted by molar-refractivity contribution is 6.27. The van der Waals surface area contributed by atoms with E-state index in [9.17, 15) is 4.39 Å². The van der Waals surface area contributed by atoms with E-state index in [2.05, 4.69) is 10.3 Å². The number of carboxylic acids is 2. The molecule has 0 radical (unpaired) electrons. The van der Waals surface area contributed by atoms with E-state index in [1.54, 1.807) is 6.20 Å². The molecule has 23 heavy (non-hydrogen) atoms. The topological polar surface area (TPSA) is 99.5 Å². The monoisotopic (exact) mass is 320 g/mol. The summed E-state index contributed by atoms with van der Waals surface area (Å²) in [6, 6.07) is 10.6. The van der Waals surface area contributed by atoms with Gasteiger partial charge in [-0.15, -0.1) is 0 Å². The van der Waals surface area contributed by atoms with E-state index >= 15 is 0 Å². The highest BCUT2D eigenvalue weighted by Gasteiger charge is 2.04. The molecule has 1 heterocycles. The Morgan fingerprint density at radius 3 is 2.22 bits per heavy atom. The Kier molecular flexibility index (Phi) is 7.95. The highest BCUT2D eigenvalue weighted by Crippen LogP contribution is 2.03. The molecule has 0 aliphatic carbocycles. The first-order chi connectivity index (χ1) is 11.0. The summed E-state index contributed by atoms with van der Waals surface area (Å²) < 4.78 is 12.7. The van der Waals surface area contributed by atoms with E-state index in [4.69, 9.17) is 19.8 Å². The fourth-order valence-corrected chi connectivity index (χ4v) is 1.62. The molecule has 122 valence electrons. The van der Waals surface area contributed by atoms with Crippen molar-refractivity contribution in [1.29, 1.82) is 0 Å². The summed E-state index contributed by atoms with van der Waals surface area (Å²) in [5.74, 6) is -3.83. The molecule has 2 aromatic rings. The van der Waals surface area contributed by atoms with Crippen molar-refractivity contribution in [2.75, 3.05) is 6.54 Å². The molecule has 0 bridgehead atoms. The number of hydrogen-bond donors (Lipinski definition) is 3. The SMILES string of the molecule is Fc1ccc(CCNCc2cccnc2)cc1.O=C(O)C(=O)O. The van der Waals surface area contributed by atoms with E-state index in [-0.39, 0.29) is 5.82 Å². The van der Waals surface area contributed by atoms with Gasteiger partial charge in [-0.3, -0.25) is 4.98 Å². The van der Waals surface area contributed by atoms with E-state index in [0.29, 0.717) is 0 Å². The molecule has 0 fully saturated rings. The zero-order valence-electron chi connectivity index (χ0n) is 12.3. The molecular formula is C16H17FN2O4. The minimum atomic E-state index is -1.82.